The zero-order valence-corrected chi connectivity index (χ0v) is 16.3. The van der Waals surface area contributed by atoms with E-state index in [9.17, 15) is 4.79 Å². The fourth-order valence-electron chi connectivity index (χ4n) is 3.11. The topological polar surface area (TPSA) is 75.7 Å². The molecule has 0 bridgehead atoms. The first kappa shape index (κ1) is 18.0. The van der Waals surface area contributed by atoms with Crippen LogP contribution in [0.3, 0.4) is 0 Å². The molecule has 2 heterocycles. The van der Waals surface area contributed by atoms with Crippen LogP contribution in [0.1, 0.15) is 15.2 Å². The van der Waals surface area contributed by atoms with Crippen LogP contribution in [0, 0.1) is 0 Å². The van der Waals surface area contributed by atoms with Gasteiger partial charge in [-0.15, -0.1) is 0 Å². The van der Waals surface area contributed by atoms with Gasteiger partial charge < -0.3 is 15.2 Å². The highest BCUT2D eigenvalue weighted by Gasteiger charge is 2.23. The lowest BCUT2D eigenvalue weighted by molar-refractivity contribution is -0.327. The molecule has 0 saturated heterocycles. The molecular formula is C22H19N2O3S+. The Morgan fingerprint density at radius 1 is 0.964 bits per heavy atom. The van der Waals surface area contributed by atoms with Crippen molar-refractivity contribution >= 4 is 33.0 Å². The number of pyridine rings is 1. The number of rotatable bonds is 5. The van der Waals surface area contributed by atoms with Crippen LogP contribution in [0.2, 0.25) is 0 Å². The standard InChI is InChI=1S/C22H18N2O3S/c1-26-17-11-8-14(12-18(17)27-2)20(25)21-19(23)15-9-10-16(24-22(15)28-21)13-6-4-3-5-7-13/h3-12H,23H2,1-2H3/p+1. The van der Waals surface area contributed by atoms with E-state index in [4.69, 9.17) is 15.2 Å². The maximum absolute atomic E-state index is 13.1. The Balaban J connectivity index is 1.76. The van der Waals surface area contributed by atoms with E-state index in [2.05, 4.69) is 4.98 Å². The molecule has 3 N–H and O–H groups in total. The molecule has 4 aromatic rings. The zero-order valence-electron chi connectivity index (χ0n) is 15.5. The van der Waals surface area contributed by atoms with Gasteiger partial charge in [-0.1, -0.05) is 29.5 Å². The van der Waals surface area contributed by atoms with E-state index in [0.717, 1.165) is 21.5 Å². The van der Waals surface area contributed by atoms with Crippen molar-refractivity contribution in [3.05, 3.63) is 71.1 Å². The van der Waals surface area contributed by atoms with Gasteiger partial charge in [0.2, 0.25) is 11.5 Å². The van der Waals surface area contributed by atoms with Gasteiger partial charge >= 0.3 is 0 Å². The SMILES string of the molecule is COc1ccc(C(=O)c2sc3[nH+]c(-c4ccccc4)ccc3c2N)cc1OC. The molecule has 0 aliphatic rings. The third-order valence-corrected chi connectivity index (χ3v) is 5.72. The normalized spacial score (nSPS) is 10.8. The summed E-state index contributed by atoms with van der Waals surface area (Å²) in [6.07, 6.45) is 0. The highest BCUT2D eigenvalue weighted by atomic mass is 32.1. The van der Waals surface area contributed by atoms with Crippen LogP contribution in [0.5, 0.6) is 11.5 Å². The van der Waals surface area contributed by atoms with E-state index < -0.39 is 0 Å². The summed E-state index contributed by atoms with van der Waals surface area (Å²) in [5.74, 6) is 0.935. The Kier molecular flexibility index (Phi) is 4.71. The molecule has 0 aliphatic carbocycles. The maximum atomic E-state index is 13.1. The van der Waals surface area contributed by atoms with Crippen molar-refractivity contribution in [2.45, 2.75) is 0 Å². The summed E-state index contributed by atoms with van der Waals surface area (Å²) in [7, 11) is 3.10. The van der Waals surface area contributed by atoms with E-state index >= 15 is 0 Å². The molecule has 0 atom stereocenters. The Hall–Kier alpha value is -3.38. The molecule has 5 nitrogen and oxygen atoms in total. The van der Waals surface area contributed by atoms with Gasteiger partial charge in [-0.2, -0.15) is 4.98 Å². The van der Waals surface area contributed by atoms with Crippen molar-refractivity contribution in [1.29, 1.82) is 0 Å². The molecule has 0 saturated carbocycles. The lowest BCUT2D eigenvalue weighted by atomic mass is 10.1. The smallest absolute Gasteiger partial charge is 0.270 e. The van der Waals surface area contributed by atoms with Crippen LogP contribution in [0.25, 0.3) is 21.5 Å². The van der Waals surface area contributed by atoms with Crippen molar-refractivity contribution in [1.82, 2.24) is 0 Å². The van der Waals surface area contributed by atoms with Crippen molar-refractivity contribution < 1.29 is 19.3 Å². The first-order chi connectivity index (χ1) is 13.6. The van der Waals surface area contributed by atoms with Crippen molar-refractivity contribution in [3.8, 4) is 22.8 Å². The number of hydrogen-bond acceptors (Lipinski definition) is 5. The lowest BCUT2D eigenvalue weighted by Crippen LogP contribution is -2.06. The van der Waals surface area contributed by atoms with Crippen LogP contribution in [-0.2, 0) is 0 Å². The number of nitrogen functional groups attached to an aromatic ring is 1. The van der Waals surface area contributed by atoms with Gasteiger partial charge in [-0.3, -0.25) is 4.79 Å². The predicted octanol–water partition coefficient (Wildman–Crippen LogP) is 4.21. The van der Waals surface area contributed by atoms with Crippen molar-refractivity contribution in [3.63, 3.8) is 0 Å². The molecule has 0 radical (unpaired) electrons. The monoisotopic (exact) mass is 391 g/mol. The summed E-state index contributed by atoms with van der Waals surface area (Å²) in [5.41, 5.74) is 9.33. The molecule has 0 aliphatic heterocycles. The third-order valence-electron chi connectivity index (χ3n) is 4.59. The summed E-state index contributed by atoms with van der Waals surface area (Å²) in [6.45, 7) is 0. The lowest BCUT2D eigenvalue weighted by Gasteiger charge is -2.08. The van der Waals surface area contributed by atoms with Gasteiger partial charge in [0.25, 0.3) is 4.83 Å². The minimum Gasteiger partial charge on any atom is -0.493 e. The van der Waals surface area contributed by atoms with E-state index in [1.165, 1.54) is 11.3 Å². The number of aromatic amines is 1. The number of carbonyl (C=O) groups is 1. The first-order valence-electron chi connectivity index (χ1n) is 8.69. The van der Waals surface area contributed by atoms with Gasteiger partial charge in [-0.25, -0.2) is 0 Å². The number of carbonyl (C=O) groups excluding carboxylic acids is 1. The van der Waals surface area contributed by atoms with Crippen molar-refractivity contribution in [2.24, 2.45) is 0 Å². The molecule has 2 aromatic carbocycles. The molecule has 4 rings (SSSR count). The highest BCUT2D eigenvalue weighted by Crippen LogP contribution is 2.35. The maximum Gasteiger partial charge on any atom is 0.270 e. The number of methoxy groups -OCH3 is 2. The van der Waals surface area contributed by atoms with Crippen LogP contribution in [0.4, 0.5) is 5.69 Å². The average Bonchev–Trinajstić information content (AvgIpc) is 3.09. The van der Waals surface area contributed by atoms with Crippen LogP contribution < -0.4 is 20.2 Å². The number of nitrogens with two attached hydrogens (primary N) is 1. The number of ketones is 1. The number of nitrogens with one attached hydrogen (secondary N) is 1. The van der Waals surface area contributed by atoms with Gasteiger partial charge in [0, 0.05) is 17.2 Å². The Bertz CT molecular complexity index is 1170. The Labute approximate surface area is 166 Å². The Morgan fingerprint density at radius 3 is 2.43 bits per heavy atom. The second-order valence-electron chi connectivity index (χ2n) is 6.22. The van der Waals surface area contributed by atoms with Gasteiger partial charge in [0.05, 0.1) is 25.3 Å². The number of thiophene rings is 1. The van der Waals surface area contributed by atoms with Gasteiger partial charge in [0.1, 0.15) is 4.88 Å². The van der Waals surface area contributed by atoms with E-state index in [1.54, 1.807) is 32.4 Å². The minimum atomic E-state index is -0.144. The quantitative estimate of drug-likeness (QED) is 0.517. The minimum absolute atomic E-state index is 0.144. The van der Waals surface area contributed by atoms with Gasteiger partial charge in [0.15, 0.2) is 11.5 Å². The first-order valence-corrected chi connectivity index (χ1v) is 9.50. The van der Waals surface area contributed by atoms with E-state index in [-0.39, 0.29) is 5.78 Å². The molecule has 0 unspecified atom stereocenters. The molecule has 0 spiro atoms. The van der Waals surface area contributed by atoms with Crippen LogP contribution >= 0.6 is 11.3 Å². The predicted molar refractivity (Wildman–Crippen MR) is 111 cm³/mol. The summed E-state index contributed by atoms with van der Waals surface area (Å²) in [4.78, 5) is 17.8. The van der Waals surface area contributed by atoms with E-state index in [0.29, 0.717) is 27.6 Å². The third kappa shape index (κ3) is 3.08. The molecule has 0 amide bonds. The van der Waals surface area contributed by atoms with Crippen molar-refractivity contribution in [2.75, 3.05) is 20.0 Å². The van der Waals surface area contributed by atoms with Crippen LogP contribution in [-0.4, -0.2) is 20.0 Å². The number of aromatic nitrogens is 1. The molecule has 140 valence electrons. The number of H-pyrrole nitrogens is 1. The molecular weight excluding hydrogens is 372 g/mol. The number of anilines is 1. The molecule has 28 heavy (non-hydrogen) atoms. The average molecular weight is 391 g/mol. The summed E-state index contributed by atoms with van der Waals surface area (Å²) in [5, 5.41) is 0.841. The number of fused-ring (bicyclic) bond motifs is 1. The number of hydrogen-bond donors (Lipinski definition) is 1. The summed E-state index contributed by atoms with van der Waals surface area (Å²) in [6, 6.07) is 19.0. The molecule has 2 aromatic heterocycles. The molecule has 0 fully saturated rings. The fourth-order valence-corrected chi connectivity index (χ4v) is 4.19. The Morgan fingerprint density at radius 2 is 1.71 bits per heavy atom. The zero-order chi connectivity index (χ0) is 19.7. The second kappa shape index (κ2) is 7.32. The summed E-state index contributed by atoms with van der Waals surface area (Å²) >= 11 is 1.36. The largest absolute Gasteiger partial charge is 0.493 e. The fraction of sp³-hybridized carbons (Fsp3) is 0.0909. The second-order valence-corrected chi connectivity index (χ2v) is 7.25. The molecule has 6 heteroatoms. The number of benzene rings is 2. The summed E-state index contributed by atoms with van der Waals surface area (Å²) < 4.78 is 10.5. The highest BCUT2D eigenvalue weighted by molar-refractivity contribution is 7.21. The van der Waals surface area contributed by atoms with Crippen LogP contribution in [0.15, 0.2) is 60.7 Å². The van der Waals surface area contributed by atoms with E-state index in [1.807, 2.05) is 42.5 Å². The van der Waals surface area contributed by atoms with Gasteiger partial charge in [-0.05, 0) is 36.4 Å². The number of ether oxygens (including phenoxy) is 2.